The van der Waals surface area contributed by atoms with E-state index in [9.17, 15) is 9.50 Å². The van der Waals surface area contributed by atoms with Crippen molar-refractivity contribution >= 4 is 5.69 Å². The molecule has 1 aromatic carbocycles. The van der Waals surface area contributed by atoms with Crippen LogP contribution >= 0.6 is 0 Å². The summed E-state index contributed by atoms with van der Waals surface area (Å²) >= 11 is 0. The second-order valence-electron chi connectivity index (χ2n) is 4.38. The van der Waals surface area contributed by atoms with Crippen LogP contribution < -0.4 is 5.32 Å². The molecule has 0 amide bonds. The van der Waals surface area contributed by atoms with E-state index in [4.69, 9.17) is 4.74 Å². The predicted molar refractivity (Wildman–Crippen MR) is 66.7 cm³/mol. The van der Waals surface area contributed by atoms with Crippen molar-refractivity contribution in [2.75, 3.05) is 25.6 Å². The largest absolute Gasteiger partial charge is 0.394 e. The van der Waals surface area contributed by atoms with Crippen LogP contribution in [0.5, 0.6) is 0 Å². The highest BCUT2D eigenvalue weighted by Crippen LogP contribution is 2.16. The van der Waals surface area contributed by atoms with Crippen molar-refractivity contribution in [2.45, 2.75) is 19.9 Å². The number of halogens is 1. The highest BCUT2D eigenvalue weighted by Gasteiger charge is 2.16. The first kappa shape index (κ1) is 13.9. The number of hydrogen-bond donors (Lipinski definition) is 2. The van der Waals surface area contributed by atoms with Gasteiger partial charge in [0.15, 0.2) is 0 Å². The fourth-order valence-electron chi connectivity index (χ4n) is 1.78. The second-order valence-corrected chi connectivity index (χ2v) is 4.38. The Kier molecular flexibility index (Phi) is 5.38. The molecule has 1 rings (SSSR count). The van der Waals surface area contributed by atoms with Crippen molar-refractivity contribution in [2.24, 2.45) is 5.92 Å². The van der Waals surface area contributed by atoms with Gasteiger partial charge in [-0.2, -0.15) is 0 Å². The van der Waals surface area contributed by atoms with Gasteiger partial charge in [0.05, 0.1) is 19.3 Å². The third kappa shape index (κ3) is 4.32. The molecular formula is C13H20FNO2. The molecule has 96 valence electrons. The average molecular weight is 241 g/mol. The van der Waals surface area contributed by atoms with Crippen LogP contribution in [0.15, 0.2) is 18.2 Å². The minimum absolute atomic E-state index is 0.0138. The Balaban J connectivity index is 2.73. The Morgan fingerprint density at radius 2 is 2.12 bits per heavy atom. The van der Waals surface area contributed by atoms with Gasteiger partial charge in [-0.25, -0.2) is 4.39 Å². The molecular weight excluding hydrogens is 221 g/mol. The average Bonchev–Trinajstić information content (AvgIpc) is 2.24. The molecule has 0 saturated heterocycles. The van der Waals surface area contributed by atoms with Crippen LogP contribution in [0, 0.1) is 18.7 Å². The Bertz CT molecular complexity index is 337. The van der Waals surface area contributed by atoms with E-state index in [0.717, 1.165) is 5.56 Å². The monoisotopic (exact) mass is 241 g/mol. The van der Waals surface area contributed by atoms with E-state index in [-0.39, 0.29) is 24.4 Å². The molecule has 2 unspecified atom stereocenters. The van der Waals surface area contributed by atoms with Crippen molar-refractivity contribution < 1.29 is 14.2 Å². The zero-order chi connectivity index (χ0) is 12.8. The van der Waals surface area contributed by atoms with Gasteiger partial charge >= 0.3 is 0 Å². The SMILES string of the molecule is COCC(C)C(CO)Nc1cc(C)cc(F)c1. The van der Waals surface area contributed by atoms with Gasteiger partial charge in [0.2, 0.25) is 0 Å². The second kappa shape index (κ2) is 6.57. The van der Waals surface area contributed by atoms with Crippen LogP contribution in [-0.2, 0) is 4.74 Å². The number of methoxy groups -OCH3 is 1. The lowest BCUT2D eigenvalue weighted by Crippen LogP contribution is -2.33. The third-order valence-electron chi connectivity index (χ3n) is 2.71. The van der Waals surface area contributed by atoms with Crippen molar-refractivity contribution in [3.8, 4) is 0 Å². The minimum atomic E-state index is -0.274. The molecule has 0 aliphatic heterocycles. The molecule has 0 bridgehead atoms. The van der Waals surface area contributed by atoms with Gasteiger partial charge in [0, 0.05) is 18.7 Å². The Morgan fingerprint density at radius 3 is 2.65 bits per heavy atom. The summed E-state index contributed by atoms with van der Waals surface area (Å²) in [5, 5.41) is 12.4. The lowest BCUT2D eigenvalue weighted by atomic mass is 10.0. The summed E-state index contributed by atoms with van der Waals surface area (Å²) in [6.45, 7) is 4.34. The van der Waals surface area contributed by atoms with Crippen LogP contribution in [0.4, 0.5) is 10.1 Å². The zero-order valence-corrected chi connectivity index (χ0v) is 10.5. The molecule has 0 aliphatic rings. The fourth-order valence-corrected chi connectivity index (χ4v) is 1.78. The topological polar surface area (TPSA) is 41.5 Å². The van der Waals surface area contributed by atoms with Crippen molar-refractivity contribution in [3.05, 3.63) is 29.6 Å². The number of nitrogens with one attached hydrogen (secondary N) is 1. The van der Waals surface area contributed by atoms with E-state index < -0.39 is 0 Å². The predicted octanol–water partition coefficient (Wildman–Crippen LogP) is 2.19. The minimum Gasteiger partial charge on any atom is -0.394 e. The number of aryl methyl sites for hydroxylation is 1. The van der Waals surface area contributed by atoms with E-state index in [1.807, 2.05) is 19.9 Å². The Hall–Kier alpha value is -1.13. The maximum absolute atomic E-state index is 13.2. The van der Waals surface area contributed by atoms with Gasteiger partial charge in [0.1, 0.15) is 5.82 Å². The first-order chi connectivity index (χ1) is 8.06. The quantitative estimate of drug-likeness (QED) is 0.802. The summed E-state index contributed by atoms with van der Waals surface area (Å²) in [6, 6.07) is 4.61. The molecule has 0 aliphatic carbocycles. The normalized spacial score (nSPS) is 14.4. The molecule has 3 nitrogen and oxygen atoms in total. The number of benzene rings is 1. The van der Waals surface area contributed by atoms with E-state index in [1.165, 1.54) is 12.1 Å². The van der Waals surface area contributed by atoms with Crippen LogP contribution in [0.25, 0.3) is 0 Å². The molecule has 2 atom stereocenters. The molecule has 2 N–H and O–H groups in total. The highest BCUT2D eigenvalue weighted by atomic mass is 19.1. The third-order valence-corrected chi connectivity index (χ3v) is 2.71. The van der Waals surface area contributed by atoms with E-state index in [1.54, 1.807) is 7.11 Å². The maximum Gasteiger partial charge on any atom is 0.125 e. The van der Waals surface area contributed by atoms with Crippen LogP contribution in [0.1, 0.15) is 12.5 Å². The van der Waals surface area contributed by atoms with Gasteiger partial charge < -0.3 is 15.2 Å². The van der Waals surface area contributed by atoms with Crippen molar-refractivity contribution in [1.82, 2.24) is 0 Å². The summed E-state index contributed by atoms with van der Waals surface area (Å²) in [4.78, 5) is 0. The summed E-state index contributed by atoms with van der Waals surface area (Å²) in [7, 11) is 1.62. The van der Waals surface area contributed by atoms with E-state index in [2.05, 4.69) is 5.32 Å². The molecule has 0 radical (unpaired) electrons. The molecule has 4 heteroatoms. The Labute approximate surface area is 102 Å². The molecule has 17 heavy (non-hydrogen) atoms. The summed E-state index contributed by atoms with van der Waals surface area (Å²) in [6.07, 6.45) is 0. The first-order valence-corrected chi connectivity index (χ1v) is 5.70. The smallest absolute Gasteiger partial charge is 0.125 e. The van der Waals surface area contributed by atoms with Crippen molar-refractivity contribution in [1.29, 1.82) is 0 Å². The van der Waals surface area contributed by atoms with Crippen LogP contribution in [0.2, 0.25) is 0 Å². The first-order valence-electron chi connectivity index (χ1n) is 5.70. The van der Waals surface area contributed by atoms with Gasteiger partial charge in [-0.05, 0) is 30.7 Å². The number of ether oxygens (including phenoxy) is 1. The molecule has 1 aromatic rings. The number of aliphatic hydroxyl groups excluding tert-OH is 1. The Morgan fingerprint density at radius 1 is 1.41 bits per heavy atom. The molecule has 0 spiro atoms. The number of hydrogen-bond acceptors (Lipinski definition) is 3. The highest BCUT2D eigenvalue weighted by molar-refractivity contribution is 5.46. The zero-order valence-electron chi connectivity index (χ0n) is 10.5. The van der Waals surface area contributed by atoms with Gasteiger partial charge in [-0.15, -0.1) is 0 Å². The lowest BCUT2D eigenvalue weighted by Gasteiger charge is -2.24. The van der Waals surface area contributed by atoms with Gasteiger partial charge in [-0.1, -0.05) is 6.92 Å². The maximum atomic E-state index is 13.2. The van der Waals surface area contributed by atoms with Crippen molar-refractivity contribution in [3.63, 3.8) is 0 Å². The number of aliphatic hydroxyl groups is 1. The number of rotatable bonds is 6. The summed E-state index contributed by atoms with van der Waals surface area (Å²) < 4.78 is 18.3. The van der Waals surface area contributed by atoms with Crippen LogP contribution in [0.3, 0.4) is 0 Å². The molecule has 0 saturated carbocycles. The lowest BCUT2D eigenvalue weighted by molar-refractivity contribution is 0.132. The summed E-state index contributed by atoms with van der Waals surface area (Å²) in [5.41, 5.74) is 1.54. The van der Waals surface area contributed by atoms with Gasteiger partial charge in [-0.3, -0.25) is 0 Å². The van der Waals surface area contributed by atoms with E-state index >= 15 is 0 Å². The molecule has 0 fully saturated rings. The molecule has 0 aromatic heterocycles. The standard InChI is InChI=1S/C13H20FNO2/c1-9-4-11(14)6-12(5-9)15-13(7-16)10(2)8-17-3/h4-6,10,13,15-16H,7-8H2,1-3H3. The fraction of sp³-hybridized carbons (Fsp3) is 0.538. The van der Waals surface area contributed by atoms with Gasteiger partial charge in [0.25, 0.3) is 0 Å². The molecule has 0 heterocycles. The summed E-state index contributed by atoms with van der Waals surface area (Å²) in [5.74, 6) is -0.128. The van der Waals surface area contributed by atoms with Crippen LogP contribution in [-0.4, -0.2) is 31.5 Å². The van der Waals surface area contributed by atoms with E-state index in [0.29, 0.717) is 12.3 Å². The number of anilines is 1.